The van der Waals surface area contributed by atoms with Gasteiger partial charge in [-0.05, 0) is 19.0 Å². The number of aliphatic hydroxyl groups excluding tert-OH is 1. The van der Waals surface area contributed by atoms with E-state index in [2.05, 4.69) is 12.3 Å². The summed E-state index contributed by atoms with van der Waals surface area (Å²) < 4.78 is 0. The first-order chi connectivity index (χ1) is 4.72. The lowest BCUT2D eigenvalue weighted by Crippen LogP contribution is -2.19. The highest BCUT2D eigenvalue weighted by atomic mass is 16.3. The Morgan fingerprint density at radius 3 is 2.80 bits per heavy atom. The lowest BCUT2D eigenvalue weighted by molar-refractivity contribution is 0.131. The second-order valence-corrected chi connectivity index (χ2v) is 2.37. The number of hydrogen-bond donors (Lipinski definition) is 2. The van der Waals surface area contributed by atoms with Crippen LogP contribution in [0.15, 0.2) is 18.4 Å². The largest absolute Gasteiger partial charge is 0.392 e. The summed E-state index contributed by atoms with van der Waals surface area (Å²) in [6, 6.07) is 0. The maximum Gasteiger partial charge on any atom is 0.0618 e. The molecule has 58 valence electrons. The Bertz CT molecular complexity index is 127. The van der Waals surface area contributed by atoms with Gasteiger partial charge in [0.25, 0.3) is 0 Å². The molecule has 0 bridgehead atoms. The molecule has 2 unspecified atom stereocenters. The molecule has 0 aliphatic rings. The van der Waals surface area contributed by atoms with Gasteiger partial charge in [0, 0.05) is 5.92 Å². The highest BCUT2D eigenvalue weighted by Crippen LogP contribution is 2.06. The maximum absolute atomic E-state index is 9.27. The third-order valence-electron chi connectivity index (χ3n) is 1.45. The SMILES string of the molecule is C=C=CC(C)C(O)CCN. The summed E-state index contributed by atoms with van der Waals surface area (Å²) in [5.74, 6) is 0.112. The second kappa shape index (κ2) is 5.24. The van der Waals surface area contributed by atoms with Gasteiger partial charge in [0.2, 0.25) is 0 Å². The summed E-state index contributed by atoms with van der Waals surface area (Å²) >= 11 is 0. The van der Waals surface area contributed by atoms with E-state index >= 15 is 0 Å². The Kier molecular flexibility index (Phi) is 4.95. The summed E-state index contributed by atoms with van der Waals surface area (Å²) in [7, 11) is 0. The van der Waals surface area contributed by atoms with Crippen LogP contribution < -0.4 is 5.73 Å². The molecular weight excluding hydrogens is 126 g/mol. The molecule has 2 atom stereocenters. The van der Waals surface area contributed by atoms with Crippen molar-refractivity contribution in [2.45, 2.75) is 19.4 Å². The predicted octanol–water partition coefficient (Wildman–Crippen LogP) is 0.673. The average Bonchev–Trinajstić information content (AvgIpc) is 1.89. The molecule has 0 aromatic heterocycles. The fourth-order valence-electron chi connectivity index (χ4n) is 0.731. The Hall–Kier alpha value is -0.560. The average molecular weight is 141 g/mol. The minimum atomic E-state index is -0.348. The van der Waals surface area contributed by atoms with Crippen LogP contribution in [0.5, 0.6) is 0 Å². The smallest absolute Gasteiger partial charge is 0.0618 e. The first kappa shape index (κ1) is 9.44. The molecule has 2 heteroatoms. The molecule has 0 heterocycles. The van der Waals surface area contributed by atoms with Crippen molar-refractivity contribution >= 4 is 0 Å². The van der Waals surface area contributed by atoms with Crippen LogP contribution in [0.1, 0.15) is 13.3 Å². The van der Waals surface area contributed by atoms with Gasteiger partial charge in [-0.2, -0.15) is 0 Å². The van der Waals surface area contributed by atoms with Crippen LogP contribution in [0.3, 0.4) is 0 Å². The molecular formula is C8H15NO. The zero-order valence-corrected chi connectivity index (χ0v) is 6.38. The van der Waals surface area contributed by atoms with E-state index in [9.17, 15) is 5.11 Å². The third kappa shape index (κ3) is 3.46. The lowest BCUT2D eigenvalue weighted by atomic mass is 10.0. The van der Waals surface area contributed by atoms with Gasteiger partial charge < -0.3 is 10.8 Å². The minimum absolute atomic E-state index is 0.112. The zero-order chi connectivity index (χ0) is 7.98. The topological polar surface area (TPSA) is 46.2 Å². The number of nitrogens with two attached hydrogens (primary N) is 1. The van der Waals surface area contributed by atoms with E-state index in [4.69, 9.17) is 5.73 Å². The van der Waals surface area contributed by atoms with Crippen LogP contribution in [-0.4, -0.2) is 17.8 Å². The van der Waals surface area contributed by atoms with Crippen LogP contribution in [-0.2, 0) is 0 Å². The molecule has 3 N–H and O–H groups in total. The molecule has 0 rings (SSSR count). The molecule has 0 aliphatic carbocycles. The van der Waals surface area contributed by atoms with Crippen molar-refractivity contribution in [1.29, 1.82) is 0 Å². The fraction of sp³-hybridized carbons (Fsp3) is 0.625. The highest BCUT2D eigenvalue weighted by molar-refractivity contribution is 4.85. The Balaban J connectivity index is 3.69. The zero-order valence-electron chi connectivity index (χ0n) is 6.38. The Morgan fingerprint density at radius 1 is 1.80 bits per heavy atom. The van der Waals surface area contributed by atoms with Crippen molar-refractivity contribution < 1.29 is 5.11 Å². The molecule has 0 aliphatic heterocycles. The first-order valence-electron chi connectivity index (χ1n) is 3.46. The Morgan fingerprint density at radius 2 is 2.40 bits per heavy atom. The lowest BCUT2D eigenvalue weighted by Gasteiger charge is -2.12. The normalized spacial score (nSPS) is 15.5. The van der Waals surface area contributed by atoms with E-state index in [0.717, 1.165) is 0 Å². The van der Waals surface area contributed by atoms with E-state index in [1.54, 1.807) is 6.08 Å². The van der Waals surface area contributed by atoms with Gasteiger partial charge in [-0.3, -0.25) is 0 Å². The summed E-state index contributed by atoms with van der Waals surface area (Å²) in [5.41, 5.74) is 7.88. The molecule has 0 amide bonds. The van der Waals surface area contributed by atoms with Crippen molar-refractivity contribution in [2.75, 3.05) is 6.54 Å². The van der Waals surface area contributed by atoms with Crippen molar-refractivity contribution in [2.24, 2.45) is 11.7 Å². The van der Waals surface area contributed by atoms with Crippen LogP contribution in [0.4, 0.5) is 0 Å². The number of rotatable bonds is 4. The molecule has 0 saturated carbocycles. The molecule has 0 fully saturated rings. The van der Waals surface area contributed by atoms with Crippen LogP contribution in [0.2, 0.25) is 0 Å². The summed E-state index contributed by atoms with van der Waals surface area (Å²) in [5, 5.41) is 9.27. The summed E-state index contributed by atoms with van der Waals surface area (Å²) in [6.45, 7) is 5.86. The van der Waals surface area contributed by atoms with Gasteiger partial charge in [-0.15, -0.1) is 5.73 Å². The van der Waals surface area contributed by atoms with Crippen molar-refractivity contribution in [3.63, 3.8) is 0 Å². The number of hydrogen-bond acceptors (Lipinski definition) is 2. The number of aliphatic hydroxyl groups is 1. The monoisotopic (exact) mass is 141 g/mol. The fourth-order valence-corrected chi connectivity index (χ4v) is 0.731. The standard InChI is InChI=1S/C8H15NO/c1-3-4-7(2)8(10)5-6-9/h4,7-8,10H,1,5-6,9H2,2H3. The molecule has 0 spiro atoms. The van der Waals surface area contributed by atoms with E-state index < -0.39 is 0 Å². The molecule has 2 nitrogen and oxygen atoms in total. The quantitative estimate of drug-likeness (QED) is 0.565. The third-order valence-corrected chi connectivity index (χ3v) is 1.45. The van der Waals surface area contributed by atoms with Gasteiger partial charge in [-0.25, -0.2) is 0 Å². The van der Waals surface area contributed by atoms with Crippen LogP contribution in [0, 0.1) is 5.92 Å². The molecule has 0 aromatic rings. The molecule has 0 saturated heterocycles. The van der Waals surface area contributed by atoms with Gasteiger partial charge in [0.05, 0.1) is 6.10 Å². The molecule has 0 aromatic carbocycles. The maximum atomic E-state index is 9.27. The van der Waals surface area contributed by atoms with Crippen LogP contribution >= 0.6 is 0 Å². The van der Waals surface area contributed by atoms with E-state index in [0.29, 0.717) is 13.0 Å². The van der Waals surface area contributed by atoms with Crippen LogP contribution in [0.25, 0.3) is 0 Å². The summed E-state index contributed by atoms with van der Waals surface area (Å²) in [4.78, 5) is 0. The van der Waals surface area contributed by atoms with Gasteiger partial charge in [0.15, 0.2) is 0 Å². The van der Waals surface area contributed by atoms with Crippen molar-refractivity contribution in [1.82, 2.24) is 0 Å². The highest BCUT2D eigenvalue weighted by Gasteiger charge is 2.08. The van der Waals surface area contributed by atoms with E-state index in [1.807, 2.05) is 6.92 Å². The molecule has 0 radical (unpaired) electrons. The Labute approximate surface area is 62.0 Å². The van der Waals surface area contributed by atoms with Crippen molar-refractivity contribution in [3.8, 4) is 0 Å². The van der Waals surface area contributed by atoms with Gasteiger partial charge in [0.1, 0.15) is 0 Å². The minimum Gasteiger partial charge on any atom is -0.392 e. The predicted molar refractivity (Wildman–Crippen MR) is 42.6 cm³/mol. The van der Waals surface area contributed by atoms with Crippen molar-refractivity contribution in [3.05, 3.63) is 18.4 Å². The first-order valence-corrected chi connectivity index (χ1v) is 3.46. The van der Waals surface area contributed by atoms with E-state index in [1.165, 1.54) is 0 Å². The summed E-state index contributed by atoms with van der Waals surface area (Å²) in [6.07, 6.45) is 2.04. The van der Waals surface area contributed by atoms with E-state index in [-0.39, 0.29) is 12.0 Å². The van der Waals surface area contributed by atoms with Gasteiger partial charge in [-0.1, -0.05) is 13.5 Å². The second-order valence-electron chi connectivity index (χ2n) is 2.37. The van der Waals surface area contributed by atoms with Gasteiger partial charge >= 0.3 is 0 Å². The molecule has 10 heavy (non-hydrogen) atoms.